The second-order valence-electron chi connectivity index (χ2n) is 9.59. The second kappa shape index (κ2) is 11.6. The normalized spacial score (nSPS) is 15.9. The molecule has 1 heterocycles. The van der Waals surface area contributed by atoms with Crippen LogP contribution in [0, 0.1) is 11.6 Å². The summed E-state index contributed by atoms with van der Waals surface area (Å²) in [7, 11) is 0. The molecule has 0 fully saturated rings. The lowest BCUT2D eigenvalue weighted by molar-refractivity contribution is -0.127. The summed E-state index contributed by atoms with van der Waals surface area (Å²) in [6.45, 7) is 3.19. The van der Waals surface area contributed by atoms with Crippen LogP contribution in [0.1, 0.15) is 40.8 Å². The van der Waals surface area contributed by atoms with E-state index in [1.807, 2.05) is 42.5 Å². The summed E-state index contributed by atoms with van der Waals surface area (Å²) in [5.74, 6) is -0.244. The van der Waals surface area contributed by atoms with Gasteiger partial charge >= 0.3 is 0 Å². The summed E-state index contributed by atoms with van der Waals surface area (Å²) in [5.41, 5.74) is 4.75. The molecule has 4 nitrogen and oxygen atoms in total. The van der Waals surface area contributed by atoms with Crippen LogP contribution in [0.3, 0.4) is 0 Å². The van der Waals surface area contributed by atoms with E-state index in [1.54, 1.807) is 25.1 Å². The molecule has 194 valence electrons. The van der Waals surface area contributed by atoms with Crippen molar-refractivity contribution in [3.8, 4) is 5.75 Å². The largest absolute Gasteiger partial charge is 0.481 e. The molecule has 2 atom stereocenters. The number of benzene rings is 4. The molecule has 0 saturated carbocycles. The minimum absolute atomic E-state index is 0.0831. The van der Waals surface area contributed by atoms with E-state index < -0.39 is 6.10 Å². The van der Waals surface area contributed by atoms with Crippen molar-refractivity contribution >= 4 is 5.91 Å². The zero-order chi connectivity index (χ0) is 26.5. The van der Waals surface area contributed by atoms with Crippen LogP contribution in [0.2, 0.25) is 0 Å². The van der Waals surface area contributed by atoms with Crippen molar-refractivity contribution in [2.45, 2.75) is 38.6 Å². The van der Waals surface area contributed by atoms with Gasteiger partial charge in [0.2, 0.25) is 0 Å². The van der Waals surface area contributed by atoms with E-state index in [1.165, 1.54) is 23.8 Å². The van der Waals surface area contributed by atoms with Crippen LogP contribution < -0.4 is 10.1 Å². The van der Waals surface area contributed by atoms with Gasteiger partial charge in [-0.15, -0.1) is 0 Å². The van der Waals surface area contributed by atoms with Crippen LogP contribution in [-0.2, 0) is 24.3 Å². The van der Waals surface area contributed by atoms with Crippen molar-refractivity contribution in [1.82, 2.24) is 10.2 Å². The van der Waals surface area contributed by atoms with E-state index in [9.17, 15) is 13.6 Å². The van der Waals surface area contributed by atoms with Crippen molar-refractivity contribution < 1.29 is 18.3 Å². The summed E-state index contributed by atoms with van der Waals surface area (Å²) in [6.07, 6.45) is 0.0896. The number of halogens is 2. The highest BCUT2D eigenvalue weighted by Gasteiger charge is 2.30. The topological polar surface area (TPSA) is 41.6 Å². The lowest BCUT2D eigenvalue weighted by Gasteiger charge is -2.38. The van der Waals surface area contributed by atoms with Gasteiger partial charge < -0.3 is 10.1 Å². The smallest absolute Gasteiger partial charge is 0.261 e. The van der Waals surface area contributed by atoms with Gasteiger partial charge in [0.05, 0.1) is 6.04 Å². The Morgan fingerprint density at radius 1 is 0.974 bits per heavy atom. The Morgan fingerprint density at radius 2 is 1.76 bits per heavy atom. The highest BCUT2D eigenvalue weighted by molar-refractivity contribution is 5.80. The Morgan fingerprint density at radius 3 is 2.55 bits per heavy atom. The number of hydrogen-bond acceptors (Lipinski definition) is 3. The standard InChI is InChI=1S/C32H30F2N2O2/c1-22(32(37)35-20-23-8-7-12-27(33)18-23)38-28-15-14-24-16-17-36(21-26-11-5-6-13-30(26)34)31(29(24)19-28)25-9-3-2-4-10-25/h2-15,18-19,22,31H,16-17,20-21H2,1H3,(H,35,37)/t22-,31-/m0/s1. The molecule has 1 N–H and O–H groups in total. The van der Waals surface area contributed by atoms with Crippen molar-refractivity contribution in [2.24, 2.45) is 0 Å². The molecular weight excluding hydrogens is 482 g/mol. The zero-order valence-electron chi connectivity index (χ0n) is 21.2. The Kier molecular flexibility index (Phi) is 7.80. The van der Waals surface area contributed by atoms with E-state index in [-0.39, 0.29) is 30.1 Å². The summed E-state index contributed by atoms with van der Waals surface area (Å²) in [5, 5.41) is 2.81. The number of amides is 1. The number of carbonyl (C=O) groups excluding carboxylic acids is 1. The monoisotopic (exact) mass is 512 g/mol. The van der Waals surface area contributed by atoms with E-state index in [0.29, 0.717) is 23.4 Å². The van der Waals surface area contributed by atoms with E-state index in [0.717, 1.165) is 24.1 Å². The van der Waals surface area contributed by atoms with Gasteiger partial charge in [0.1, 0.15) is 17.4 Å². The minimum atomic E-state index is -0.741. The van der Waals surface area contributed by atoms with Crippen LogP contribution in [0.5, 0.6) is 5.75 Å². The second-order valence-corrected chi connectivity index (χ2v) is 9.59. The van der Waals surface area contributed by atoms with Gasteiger partial charge in [-0.05, 0) is 65.9 Å². The summed E-state index contributed by atoms with van der Waals surface area (Å²) >= 11 is 0. The maximum Gasteiger partial charge on any atom is 0.261 e. The molecule has 1 aliphatic heterocycles. The number of nitrogens with zero attached hydrogens (tertiary/aromatic N) is 1. The molecule has 38 heavy (non-hydrogen) atoms. The maximum atomic E-state index is 14.5. The van der Waals surface area contributed by atoms with Gasteiger partial charge in [-0.3, -0.25) is 9.69 Å². The molecule has 6 heteroatoms. The Bertz CT molecular complexity index is 1410. The molecule has 1 amide bonds. The molecule has 4 aromatic rings. The lowest BCUT2D eigenvalue weighted by Crippen LogP contribution is -2.37. The number of ether oxygens (including phenoxy) is 1. The number of hydrogen-bond donors (Lipinski definition) is 1. The predicted octanol–water partition coefficient (Wildman–Crippen LogP) is 6.20. The summed E-state index contributed by atoms with van der Waals surface area (Å²) < 4.78 is 34.0. The Hall–Kier alpha value is -4.03. The molecule has 0 radical (unpaired) electrons. The molecule has 0 spiro atoms. The fourth-order valence-corrected chi connectivity index (χ4v) is 5.00. The molecular formula is C32H30F2N2O2. The molecule has 4 aromatic carbocycles. The van der Waals surface area contributed by atoms with Crippen LogP contribution in [0.15, 0.2) is 97.1 Å². The van der Waals surface area contributed by atoms with Gasteiger partial charge in [0.15, 0.2) is 6.10 Å². The minimum Gasteiger partial charge on any atom is -0.481 e. The predicted molar refractivity (Wildman–Crippen MR) is 144 cm³/mol. The van der Waals surface area contributed by atoms with E-state index >= 15 is 0 Å². The zero-order valence-corrected chi connectivity index (χ0v) is 21.2. The first-order chi connectivity index (χ1) is 18.5. The van der Waals surface area contributed by atoms with Crippen LogP contribution in [0.4, 0.5) is 8.78 Å². The maximum absolute atomic E-state index is 14.5. The third kappa shape index (κ3) is 5.92. The first-order valence-electron chi connectivity index (χ1n) is 12.8. The van der Waals surface area contributed by atoms with Gasteiger partial charge in [-0.25, -0.2) is 8.78 Å². The fraction of sp³-hybridized carbons (Fsp3) is 0.219. The van der Waals surface area contributed by atoms with Gasteiger partial charge in [0.25, 0.3) is 5.91 Å². The first kappa shape index (κ1) is 25.6. The average Bonchev–Trinajstić information content (AvgIpc) is 2.93. The van der Waals surface area contributed by atoms with Crippen molar-refractivity contribution in [2.75, 3.05) is 6.54 Å². The SMILES string of the molecule is C[C@H](Oc1ccc2c(c1)[C@H](c1ccccc1)N(Cc1ccccc1F)CC2)C(=O)NCc1cccc(F)c1. The van der Waals surface area contributed by atoms with E-state index in [4.69, 9.17) is 4.74 Å². The number of fused-ring (bicyclic) bond motifs is 1. The molecule has 1 aliphatic rings. The highest BCUT2D eigenvalue weighted by atomic mass is 19.1. The van der Waals surface area contributed by atoms with Crippen LogP contribution >= 0.6 is 0 Å². The van der Waals surface area contributed by atoms with Gasteiger partial charge in [-0.1, -0.05) is 66.7 Å². The fourth-order valence-electron chi connectivity index (χ4n) is 5.00. The average molecular weight is 513 g/mol. The third-order valence-corrected chi connectivity index (χ3v) is 6.93. The molecule has 0 saturated heterocycles. The Balaban J connectivity index is 1.36. The van der Waals surface area contributed by atoms with Crippen molar-refractivity contribution in [3.05, 3.63) is 137 Å². The number of carbonyl (C=O) groups is 1. The molecule has 0 bridgehead atoms. The summed E-state index contributed by atoms with van der Waals surface area (Å²) in [4.78, 5) is 15.0. The molecule has 0 aromatic heterocycles. The quantitative estimate of drug-likeness (QED) is 0.306. The third-order valence-electron chi connectivity index (χ3n) is 6.93. The molecule has 5 rings (SSSR count). The van der Waals surface area contributed by atoms with Gasteiger partial charge in [-0.2, -0.15) is 0 Å². The first-order valence-corrected chi connectivity index (χ1v) is 12.8. The van der Waals surface area contributed by atoms with Crippen molar-refractivity contribution in [3.63, 3.8) is 0 Å². The van der Waals surface area contributed by atoms with Gasteiger partial charge in [0, 0.05) is 25.2 Å². The number of rotatable bonds is 8. The lowest BCUT2D eigenvalue weighted by atomic mass is 9.87. The van der Waals surface area contributed by atoms with Crippen LogP contribution in [0.25, 0.3) is 0 Å². The molecule has 0 unspecified atom stereocenters. The van der Waals surface area contributed by atoms with Crippen molar-refractivity contribution in [1.29, 1.82) is 0 Å². The van der Waals surface area contributed by atoms with Crippen LogP contribution in [-0.4, -0.2) is 23.5 Å². The highest BCUT2D eigenvalue weighted by Crippen LogP contribution is 2.38. The Labute approximate surface area is 221 Å². The molecule has 0 aliphatic carbocycles. The summed E-state index contributed by atoms with van der Waals surface area (Å²) in [6, 6.07) is 29.1. The van der Waals surface area contributed by atoms with E-state index in [2.05, 4.69) is 28.4 Å². The number of nitrogens with one attached hydrogen (secondary N) is 1.